The normalized spacial score (nSPS) is 20.6. The van der Waals surface area contributed by atoms with Crippen molar-refractivity contribution in [1.29, 1.82) is 0 Å². The second-order valence-corrected chi connectivity index (χ2v) is 5.36. The molecule has 3 rings (SSSR count). The van der Waals surface area contributed by atoms with E-state index in [4.69, 9.17) is 21.1 Å². The Balaban J connectivity index is 1.96. The van der Waals surface area contributed by atoms with Crippen LogP contribution in [0.1, 0.15) is 29.8 Å². The van der Waals surface area contributed by atoms with Crippen LogP contribution in [0.3, 0.4) is 0 Å². The molecule has 5 heteroatoms. The first-order valence-corrected chi connectivity index (χ1v) is 6.94. The number of fused-ring (bicyclic) bond motifs is 1. The van der Waals surface area contributed by atoms with Gasteiger partial charge in [-0.05, 0) is 24.3 Å². The zero-order chi connectivity index (χ0) is 15.0. The molecule has 1 aliphatic rings. The van der Waals surface area contributed by atoms with Crippen LogP contribution in [0.4, 0.5) is 4.39 Å². The van der Waals surface area contributed by atoms with Crippen molar-refractivity contribution < 1.29 is 19.0 Å². The van der Waals surface area contributed by atoms with Crippen molar-refractivity contribution >= 4 is 11.6 Å². The summed E-state index contributed by atoms with van der Waals surface area (Å²) in [4.78, 5) is 0. The first-order valence-electron chi connectivity index (χ1n) is 6.56. The van der Waals surface area contributed by atoms with E-state index in [2.05, 4.69) is 0 Å². The minimum Gasteiger partial charge on any atom is -0.497 e. The monoisotopic (exact) mass is 308 g/mol. The molecule has 1 aliphatic heterocycles. The topological polar surface area (TPSA) is 38.7 Å². The summed E-state index contributed by atoms with van der Waals surface area (Å²) in [5, 5.41) is 10.6. The van der Waals surface area contributed by atoms with Gasteiger partial charge in [0, 0.05) is 28.6 Å². The standard InChI is InChI=1S/C16H14ClFO3/c1-20-10-3-5-12-14(19)8-16(21-15(12)7-10)11-4-2-9(17)6-13(11)18/h2-7,14,16,19H,8H2,1H3/t14-,16?/m1/s1. The summed E-state index contributed by atoms with van der Waals surface area (Å²) >= 11 is 5.76. The molecule has 2 atom stereocenters. The van der Waals surface area contributed by atoms with Gasteiger partial charge in [0.1, 0.15) is 23.4 Å². The number of benzene rings is 2. The summed E-state index contributed by atoms with van der Waals surface area (Å²) < 4.78 is 25.0. The highest BCUT2D eigenvalue weighted by atomic mass is 35.5. The molecule has 3 nitrogen and oxygen atoms in total. The number of aliphatic hydroxyl groups excluding tert-OH is 1. The summed E-state index contributed by atoms with van der Waals surface area (Å²) in [6.45, 7) is 0. The fourth-order valence-electron chi connectivity index (χ4n) is 2.50. The Bertz CT molecular complexity index is 675. The van der Waals surface area contributed by atoms with Crippen molar-refractivity contribution in [3.8, 4) is 11.5 Å². The van der Waals surface area contributed by atoms with E-state index in [-0.39, 0.29) is 6.42 Å². The molecule has 21 heavy (non-hydrogen) atoms. The molecule has 110 valence electrons. The van der Waals surface area contributed by atoms with Gasteiger partial charge in [0.2, 0.25) is 0 Å². The molecule has 1 heterocycles. The van der Waals surface area contributed by atoms with Crippen LogP contribution in [0.5, 0.6) is 11.5 Å². The van der Waals surface area contributed by atoms with Crippen molar-refractivity contribution in [2.24, 2.45) is 0 Å². The minimum atomic E-state index is -0.709. The molecular formula is C16H14ClFO3. The predicted molar refractivity (Wildman–Crippen MR) is 77.3 cm³/mol. The summed E-state index contributed by atoms with van der Waals surface area (Å²) in [6.07, 6.45) is -0.977. The Morgan fingerprint density at radius 1 is 1.24 bits per heavy atom. The maximum Gasteiger partial charge on any atom is 0.131 e. The van der Waals surface area contributed by atoms with E-state index < -0.39 is 18.0 Å². The van der Waals surface area contributed by atoms with Gasteiger partial charge in [-0.2, -0.15) is 0 Å². The van der Waals surface area contributed by atoms with Gasteiger partial charge >= 0.3 is 0 Å². The Labute approximate surface area is 126 Å². The average Bonchev–Trinajstić information content (AvgIpc) is 2.46. The summed E-state index contributed by atoms with van der Waals surface area (Å²) in [6, 6.07) is 9.64. The maximum atomic E-state index is 14.0. The Kier molecular flexibility index (Phi) is 3.74. The average molecular weight is 309 g/mol. The molecule has 1 unspecified atom stereocenters. The van der Waals surface area contributed by atoms with E-state index in [1.165, 1.54) is 6.07 Å². The second-order valence-electron chi connectivity index (χ2n) is 4.93. The summed E-state index contributed by atoms with van der Waals surface area (Å²) in [7, 11) is 1.55. The second kappa shape index (κ2) is 5.54. The van der Waals surface area contributed by atoms with Crippen LogP contribution in [0.2, 0.25) is 5.02 Å². The van der Waals surface area contributed by atoms with Gasteiger partial charge in [0.25, 0.3) is 0 Å². The van der Waals surface area contributed by atoms with Crippen LogP contribution in [-0.4, -0.2) is 12.2 Å². The fraction of sp³-hybridized carbons (Fsp3) is 0.250. The lowest BCUT2D eigenvalue weighted by Crippen LogP contribution is -2.20. The van der Waals surface area contributed by atoms with Crippen LogP contribution in [0.25, 0.3) is 0 Å². The third-order valence-corrected chi connectivity index (χ3v) is 3.83. The third-order valence-electron chi connectivity index (χ3n) is 3.60. The van der Waals surface area contributed by atoms with Crippen LogP contribution < -0.4 is 9.47 Å². The smallest absolute Gasteiger partial charge is 0.131 e. The number of ether oxygens (including phenoxy) is 2. The highest BCUT2D eigenvalue weighted by Gasteiger charge is 2.30. The van der Waals surface area contributed by atoms with Crippen molar-refractivity contribution in [3.05, 3.63) is 58.4 Å². The SMILES string of the molecule is COc1ccc2c(c1)OC(c1ccc(Cl)cc1F)C[C@H]2O. The van der Waals surface area contributed by atoms with Crippen LogP contribution in [0, 0.1) is 5.82 Å². The van der Waals surface area contributed by atoms with Crippen molar-refractivity contribution in [3.63, 3.8) is 0 Å². The third kappa shape index (κ3) is 2.69. The van der Waals surface area contributed by atoms with Crippen LogP contribution >= 0.6 is 11.6 Å². The molecule has 0 bridgehead atoms. The molecule has 0 saturated heterocycles. The molecule has 0 aromatic heterocycles. The van der Waals surface area contributed by atoms with E-state index >= 15 is 0 Å². The minimum absolute atomic E-state index is 0.290. The molecule has 0 saturated carbocycles. The largest absolute Gasteiger partial charge is 0.497 e. The lowest BCUT2D eigenvalue weighted by Gasteiger charge is -2.30. The lowest BCUT2D eigenvalue weighted by molar-refractivity contribution is 0.0638. The molecule has 0 radical (unpaired) electrons. The van der Waals surface area contributed by atoms with Crippen LogP contribution in [0.15, 0.2) is 36.4 Å². The number of aliphatic hydroxyl groups is 1. The molecule has 0 spiro atoms. The van der Waals surface area contributed by atoms with E-state index in [1.54, 1.807) is 37.4 Å². The maximum absolute atomic E-state index is 14.0. The van der Waals surface area contributed by atoms with Gasteiger partial charge in [-0.3, -0.25) is 0 Å². The number of halogens is 2. The highest BCUT2D eigenvalue weighted by Crippen LogP contribution is 2.42. The number of rotatable bonds is 2. The first kappa shape index (κ1) is 14.2. The molecule has 0 aliphatic carbocycles. The zero-order valence-corrected chi connectivity index (χ0v) is 12.1. The van der Waals surface area contributed by atoms with Crippen molar-refractivity contribution in [2.75, 3.05) is 7.11 Å². The fourth-order valence-corrected chi connectivity index (χ4v) is 2.66. The van der Waals surface area contributed by atoms with E-state index in [1.807, 2.05) is 0 Å². The molecule has 2 aromatic rings. The molecule has 0 amide bonds. The van der Waals surface area contributed by atoms with Crippen LogP contribution in [-0.2, 0) is 0 Å². The highest BCUT2D eigenvalue weighted by molar-refractivity contribution is 6.30. The summed E-state index contributed by atoms with van der Waals surface area (Å²) in [5.74, 6) is 0.691. The van der Waals surface area contributed by atoms with Gasteiger partial charge < -0.3 is 14.6 Å². The van der Waals surface area contributed by atoms with Gasteiger partial charge in [0.15, 0.2) is 0 Å². The molecule has 1 N–H and O–H groups in total. The van der Waals surface area contributed by atoms with E-state index in [0.717, 1.165) is 0 Å². The predicted octanol–water partition coefficient (Wildman–Crippen LogP) is 4.04. The number of hydrogen-bond donors (Lipinski definition) is 1. The molecular weight excluding hydrogens is 295 g/mol. The van der Waals surface area contributed by atoms with E-state index in [9.17, 15) is 9.50 Å². The van der Waals surface area contributed by atoms with Crippen molar-refractivity contribution in [2.45, 2.75) is 18.6 Å². The first-order chi connectivity index (χ1) is 10.1. The number of methoxy groups -OCH3 is 1. The van der Waals surface area contributed by atoms with Gasteiger partial charge in [-0.25, -0.2) is 4.39 Å². The van der Waals surface area contributed by atoms with Gasteiger partial charge in [-0.1, -0.05) is 17.7 Å². The Morgan fingerprint density at radius 3 is 2.71 bits per heavy atom. The molecule has 0 fully saturated rings. The Hall–Kier alpha value is -1.78. The lowest BCUT2D eigenvalue weighted by atomic mass is 9.94. The molecule has 2 aromatic carbocycles. The summed E-state index contributed by atoms with van der Waals surface area (Å²) in [5.41, 5.74) is 1.06. The number of hydrogen-bond acceptors (Lipinski definition) is 3. The van der Waals surface area contributed by atoms with Gasteiger partial charge in [0.05, 0.1) is 13.2 Å². The van der Waals surface area contributed by atoms with Crippen molar-refractivity contribution in [1.82, 2.24) is 0 Å². The zero-order valence-electron chi connectivity index (χ0n) is 11.3. The quantitative estimate of drug-likeness (QED) is 0.910. The Morgan fingerprint density at radius 2 is 2.00 bits per heavy atom. The van der Waals surface area contributed by atoms with E-state index in [0.29, 0.717) is 27.6 Å². The van der Waals surface area contributed by atoms with Gasteiger partial charge in [-0.15, -0.1) is 0 Å².